The van der Waals surface area contributed by atoms with Crippen molar-refractivity contribution in [3.8, 4) is 22.5 Å². The second-order valence-corrected chi connectivity index (χ2v) is 15.8. The third-order valence-corrected chi connectivity index (χ3v) is 11.0. The summed E-state index contributed by atoms with van der Waals surface area (Å²) < 4.78 is 7.92. The van der Waals surface area contributed by atoms with E-state index in [9.17, 15) is 9.90 Å². The number of hydrogen-bond donors (Lipinski definition) is 1. The maximum Gasteiger partial charge on any atom is 0.164 e. The molecule has 4 aromatic carbocycles. The first kappa shape index (κ1) is 45.3. The number of aliphatic hydroxyl groups excluding tert-OH is 1. The number of benzene rings is 4. The van der Waals surface area contributed by atoms with E-state index in [1.165, 1.54) is 39.1 Å². The van der Waals surface area contributed by atoms with Crippen LogP contribution in [0.2, 0.25) is 0 Å². The number of aryl methyl sites for hydroxylation is 5. The summed E-state index contributed by atoms with van der Waals surface area (Å²) in [5.41, 5.74) is 10.8. The van der Waals surface area contributed by atoms with Gasteiger partial charge in [0.25, 0.3) is 0 Å². The third kappa shape index (κ3) is 12.3. The Labute approximate surface area is 358 Å². The van der Waals surface area contributed by atoms with Gasteiger partial charge in [0.2, 0.25) is 0 Å². The van der Waals surface area contributed by atoms with Gasteiger partial charge in [-0.25, -0.2) is 0 Å². The van der Waals surface area contributed by atoms with E-state index < -0.39 is 0 Å². The Bertz CT molecular complexity index is 2310. The van der Waals surface area contributed by atoms with Crippen molar-refractivity contribution in [2.45, 2.75) is 115 Å². The van der Waals surface area contributed by atoms with Gasteiger partial charge in [-0.05, 0) is 89.2 Å². The molecule has 4 nitrogen and oxygen atoms in total. The minimum absolute atomic E-state index is 0. The first-order valence-corrected chi connectivity index (χ1v) is 20.3. The van der Waals surface area contributed by atoms with Gasteiger partial charge in [0.05, 0.1) is 7.13 Å². The fourth-order valence-electron chi connectivity index (χ4n) is 7.00. The van der Waals surface area contributed by atoms with Crippen LogP contribution in [0.3, 0.4) is 0 Å². The monoisotopic (exact) mass is 940 g/mol. The molecule has 0 aliphatic heterocycles. The average molecular weight is 940 g/mol. The van der Waals surface area contributed by atoms with Crippen molar-refractivity contribution in [2.24, 2.45) is 11.3 Å². The minimum Gasteiger partial charge on any atom is -0.512 e. The Morgan fingerprint density at radius 3 is 1.77 bits per heavy atom. The Morgan fingerprint density at radius 2 is 1.26 bits per heavy atom. The number of aliphatic hydroxyl groups is 1. The van der Waals surface area contributed by atoms with Crippen LogP contribution in [0, 0.1) is 58.1 Å². The summed E-state index contributed by atoms with van der Waals surface area (Å²) in [6.45, 7) is 24.9. The molecule has 0 saturated carbocycles. The molecule has 1 radical (unpaired) electrons. The molecule has 2 aromatic heterocycles. The van der Waals surface area contributed by atoms with E-state index >= 15 is 0 Å². The van der Waals surface area contributed by atoms with Crippen LogP contribution in [0.15, 0.2) is 97.0 Å². The van der Waals surface area contributed by atoms with E-state index in [0.717, 1.165) is 70.1 Å². The molecule has 0 spiro atoms. The Kier molecular flexibility index (Phi) is 17.0. The molecular weight excluding hydrogens is 877 g/mol. The normalized spacial score (nSPS) is 11.8. The molecule has 1 N–H and O–H groups in total. The molecule has 2 heterocycles. The molecule has 6 rings (SSSR count). The van der Waals surface area contributed by atoms with Gasteiger partial charge in [-0.1, -0.05) is 118 Å². The van der Waals surface area contributed by atoms with Crippen molar-refractivity contribution in [1.29, 1.82) is 0 Å². The number of nitrogens with zero attached hydrogens (tertiary/aromatic N) is 2. The molecule has 0 aliphatic rings. The SMILES string of the molecule is CCC(CC)/C(O)=C/C(=O)C(C)(CC)CC.Cc1[c-]c(-c2nccc3cc(C(C)C)ccc23)cc(C)c1.[2H]c1cc2cc(C)ccc2c(-c2[c-]c(C)cc(C)c2)n1.[Ir]. The predicted molar refractivity (Wildman–Crippen MR) is 238 cm³/mol. The van der Waals surface area contributed by atoms with E-state index in [0.29, 0.717) is 12.1 Å². The first-order chi connectivity index (χ1) is 27.0. The van der Waals surface area contributed by atoms with E-state index in [1.807, 2.05) is 53.8 Å². The van der Waals surface area contributed by atoms with Gasteiger partial charge >= 0.3 is 0 Å². The summed E-state index contributed by atoms with van der Waals surface area (Å²) in [5.74, 6) is 0.978. The third-order valence-electron chi connectivity index (χ3n) is 11.0. The van der Waals surface area contributed by atoms with Gasteiger partial charge in [-0.3, -0.25) is 4.79 Å². The zero-order chi connectivity index (χ0) is 42.0. The van der Waals surface area contributed by atoms with Gasteiger partial charge in [-0.2, -0.15) is 0 Å². The van der Waals surface area contributed by atoms with Gasteiger partial charge in [0.1, 0.15) is 0 Å². The summed E-state index contributed by atoms with van der Waals surface area (Å²) in [4.78, 5) is 21.1. The second-order valence-electron chi connectivity index (χ2n) is 15.8. The molecule has 5 heteroatoms. The zero-order valence-electron chi connectivity index (χ0n) is 37.1. The average Bonchev–Trinajstić information content (AvgIpc) is 3.16. The maximum absolute atomic E-state index is 12.0. The fraction of sp³-hybridized carbons (Fsp3) is 0.365. The van der Waals surface area contributed by atoms with Crippen molar-refractivity contribution >= 4 is 27.3 Å². The number of hydrogen-bond acceptors (Lipinski definition) is 4. The molecule has 0 aliphatic carbocycles. The smallest absolute Gasteiger partial charge is 0.164 e. The molecule has 0 unspecified atom stereocenters. The van der Waals surface area contributed by atoms with Crippen LogP contribution in [0.25, 0.3) is 44.1 Å². The van der Waals surface area contributed by atoms with E-state index in [4.69, 9.17) is 1.37 Å². The quantitative estimate of drug-likeness (QED) is 0.0844. The molecule has 0 atom stereocenters. The topological polar surface area (TPSA) is 63.1 Å². The van der Waals surface area contributed by atoms with Crippen LogP contribution >= 0.6 is 0 Å². The molecular formula is C52H62IrN2O2-2. The number of rotatable bonds is 10. The molecule has 57 heavy (non-hydrogen) atoms. The Balaban J connectivity index is 0.000000234. The molecule has 6 aromatic rings. The number of carbonyl (C=O) groups excluding carboxylic acids is 1. The number of pyridine rings is 2. The number of carbonyl (C=O) groups is 1. The van der Waals surface area contributed by atoms with Gasteiger partial charge < -0.3 is 15.1 Å². The van der Waals surface area contributed by atoms with Crippen LogP contribution in [-0.4, -0.2) is 20.9 Å². The number of aromatic nitrogens is 2. The summed E-state index contributed by atoms with van der Waals surface area (Å²) in [5, 5.41) is 14.5. The molecule has 0 fully saturated rings. The first-order valence-electron chi connectivity index (χ1n) is 20.8. The Morgan fingerprint density at radius 1 is 0.737 bits per heavy atom. The maximum atomic E-state index is 12.0. The standard InChI is InChI=1S/C20H20N.C18H16N.C14H26O2.Ir/c1-13(2)16-5-6-19-17(12-16)7-8-21-20(19)18-10-14(3)9-15(4)11-18;1-12-4-5-17-15(9-12)6-7-19-18(17)16-10-13(2)8-14(3)11-16;1-6-11(7-2)12(15)10-13(16)14(5,8-3)9-4;/h5-10,12-13H,1-4H3;4-10H,1-3H3;10-11,15H,6-9H2,1-5H3;/q2*-1;;/b;;12-10-;/i;7D;;. The molecule has 0 saturated heterocycles. The summed E-state index contributed by atoms with van der Waals surface area (Å²) in [6.07, 6.45) is 7.02. The van der Waals surface area contributed by atoms with Crippen LogP contribution in [0.5, 0.6) is 0 Å². The predicted octanol–water partition coefficient (Wildman–Crippen LogP) is 14.3. The van der Waals surface area contributed by atoms with Crippen molar-refractivity contribution in [3.63, 3.8) is 0 Å². The molecule has 0 bridgehead atoms. The molecule has 0 amide bonds. The number of ketones is 1. The zero-order valence-corrected chi connectivity index (χ0v) is 38.5. The van der Waals surface area contributed by atoms with Crippen molar-refractivity contribution in [3.05, 3.63) is 143 Å². The van der Waals surface area contributed by atoms with E-state index in [2.05, 4.69) is 130 Å². The minimum atomic E-state index is -0.319. The van der Waals surface area contributed by atoms with Crippen LogP contribution in [0.4, 0.5) is 0 Å². The largest absolute Gasteiger partial charge is 0.512 e. The van der Waals surface area contributed by atoms with E-state index in [1.54, 1.807) is 0 Å². The fourth-order valence-corrected chi connectivity index (χ4v) is 7.00. The van der Waals surface area contributed by atoms with Gasteiger partial charge in [-0.15, -0.1) is 69.8 Å². The second kappa shape index (κ2) is 21.4. The van der Waals surface area contributed by atoms with Crippen LogP contribution in [-0.2, 0) is 24.9 Å². The number of allylic oxidation sites excluding steroid dienone is 2. The van der Waals surface area contributed by atoms with Crippen molar-refractivity contribution < 1.29 is 31.4 Å². The van der Waals surface area contributed by atoms with Crippen LogP contribution in [0.1, 0.15) is 115 Å². The van der Waals surface area contributed by atoms with Gasteiger partial charge in [0.15, 0.2) is 5.78 Å². The summed E-state index contributed by atoms with van der Waals surface area (Å²) in [7, 11) is 0. The summed E-state index contributed by atoms with van der Waals surface area (Å²) >= 11 is 0. The molecule has 303 valence electrons. The van der Waals surface area contributed by atoms with Gasteiger partial charge in [0, 0.05) is 49.9 Å². The van der Waals surface area contributed by atoms with Crippen molar-refractivity contribution in [1.82, 2.24) is 9.97 Å². The van der Waals surface area contributed by atoms with E-state index in [-0.39, 0.29) is 43.0 Å². The van der Waals surface area contributed by atoms with Crippen LogP contribution < -0.4 is 0 Å². The van der Waals surface area contributed by atoms with Crippen molar-refractivity contribution in [2.75, 3.05) is 0 Å². The number of fused-ring (bicyclic) bond motifs is 2. The Hall–Kier alpha value is -4.44. The summed E-state index contributed by atoms with van der Waals surface area (Å²) in [6, 6.07) is 32.1.